The predicted molar refractivity (Wildman–Crippen MR) is 52.4 cm³/mol. The van der Waals surface area contributed by atoms with Crippen LogP contribution < -0.4 is 5.32 Å². The molecule has 1 rings (SSSR count). The normalized spacial score (nSPS) is 9.92. The minimum Gasteiger partial charge on any atom is -0.383 e. The number of anilines is 1. The highest BCUT2D eigenvalue weighted by atomic mass is 32.1. The molecular formula is C9H12FNS. The fourth-order valence-corrected chi connectivity index (χ4v) is 1.11. The highest BCUT2D eigenvalue weighted by molar-refractivity contribution is 7.80. The summed E-state index contributed by atoms with van der Waals surface area (Å²) in [5.74, 6) is -0.221. The fraction of sp³-hybridized carbons (Fsp3) is 0.333. The van der Waals surface area contributed by atoms with Crippen LogP contribution in [0.5, 0.6) is 0 Å². The Bertz CT molecular complexity index is 263. The number of hydrogen-bond acceptors (Lipinski definition) is 2. The lowest BCUT2D eigenvalue weighted by Gasteiger charge is -2.05. The molecule has 0 aliphatic heterocycles. The van der Waals surface area contributed by atoms with Gasteiger partial charge in [0.25, 0.3) is 0 Å². The van der Waals surface area contributed by atoms with Gasteiger partial charge < -0.3 is 5.32 Å². The van der Waals surface area contributed by atoms with Crippen LogP contribution in [-0.4, -0.2) is 6.54 Å². The summed E-state index contributed by atoms with van der Waals surface area (Å²) < 4.78 is 13.0. The summed E-state index contributed by atoms with van der Waals surface area (Å²) in [5, 5.41) is 2.98. The second-order valence-corrected chi connectivity index (χ2v) is 3.11. The van der Waals surface area contributed by atoms with Crippen molar-refractivity contribution in [2.24, 2.45) is 0 Å². The van der Waals surface area contributed by atoms with Crippen LogP contribution in [0.2, 0.25) is 0 Å². The lowest BCUT2D eigenvalue weighted by atomic mass is 10.3. The molecule has 0 amide bonds. The van der Waals surface area contributed by atoms with Gasteiger partial charge in [-0.25, -0.2) is 4.39 Å². The Morgan fingerprint density at radius 2 is 2.25 bits per heavy atom. The molecule has 1 N–H and O–H groups in total. The number of hydrogen-bond donors (Lipinski definition) is 2. The largest absolute Gasteiger partial charge is 0.383 e. The second kappa shape index (κ2) is 4.36. The van der Waals surface area contributed by atoms with E-state index in [4.69, 9.17) is 0 Å². The molecule has 66 valence electrons. The lowest BCUT2D eigenvalue weighted by Crippen LogP contribution is -2.01. The highest BCUT2D eigenvalue weighted by Gasteiger charge is 1.99. The first-order valence-corrected chi connectivity index (χ1v) is 4.41. The van der Waals surface area contributed by atoms with Gasteiger partial charge in [-0.1, -0.05) is 6.92 Å². The first kappa shape index (κ1) is 9.39. The summed E-state index contributed by atoms with van der Waals surface area (Å²) >= 11 is 4.12. The van der Waals surface area contributed by atoms with Crippen LogP contribution >= 0.6 is 12.6 Å². The summed E-state index contributed by atoms with van der Waals surface area (Å²) in [7, 11) is 0. The number of rotatable bonds is 3. The Balaban J connectivity index is 2.75. The van der Waals surface area contributed by atoms with Crippen molar-refractivity contribution in [3.05, 3.63) is 24.0 Å². The maximum atomic E-state index is 13.0. The molecule has 0 aliphatic carbocycles. The zero-order valence-corrected chi connectivity index (χ0v) is 7.87. The molecule has 0 unspecified atom stereocenters. The third kappa shape index (κ3) is 2.41. The smallest absolute Gasteiger partial charge is 0.146 e. The van der Waals surface area contributed by atoms with Gasteiger partial charge in [0.15, 0.2) is 0 Å². The van der Waals surface area contributed by atoms with E-state index in [-0.39, 0.29) is 5.82 Å². The Hall–Kier alpha value is -0.700. The molecule has 1 aromatic rings. The van der Waals surface area contributed by atoms with Crippen LogP contribution in [0.3, 0.4) is 0 Å². The van der Waals surface area contributed by atoms with Gasteiger partial charge in [0.2, 0.25) is 0 Å². The molecule has 0 heterocycles. The van der Waals surface area contributed by atoms with Crippen molar-refractivity contribution in [1.29, 1.82) is 0 Å². The zero-order chi connectivity index (χ0) is 8.97. The van der Waals surface area contributed by atoms with Crippen molar-refractivity contribution in [2.75, 3.05) is 11.9 Å². The van der Waals surface area contributed by atoms with E-state index in [9.17, 15) is 4.39 Å². The van der Waals surface area contributed by atoms with E-state index in [1.54, 1.807) is 12.1 Å². The quantitative estimate of drug-likeness (QED) is 0.690. The molecule has 0 atom stereocenters. The average molecular weight is 185 g/mol. The van der Waals surface area contributed by atoms with E-state index < -0.39 is 0 Å². The van der Waals surface area contributed by atoms with Gasteiger partial charge in [0.1, 0.15) is 5.82 Å². The van der Waals surface area contributed by atoms with Crippen LogP contribution in [0.15, 0.2) is 23.1 Å². The topological polar surface area (TPSA) is 12.0 Å². The molecule has 0 aliphatic rings. The monoisotopic (exact) mass is 185 g/mol. The standard InChI is InChI=1S/C9H12FNS/c1-2-5-11-9-6-7(12)3-4-8(9)10/h3-4,6,11-12H,2,5H2,1H3. The van der Waals surface area contributed by atoms with Crippen LogP contribution in [0.1, 0.15) is 13.3 Å². The molecule has 0 aromatic heterocycles. The first-order chi connectivity index (χ1) is 5.74. The number of thiol groups is 1. The van der Waals surface area contributed by atoms with Gasteiger partial charge in [0.05, 0.1) is 5.69 Å². The van der Waals surface area contributed by atoms with Crippen LogP contribution in [0.25, 0.3) is 0 Å². The number of benzene rings is 1. The van der Waals surface area contributed by atoms with Gasteiger partial charge in [-0.3, -0.25) is 0 Å². The molecule has 1 nitrogen and oxygen atoms in total. The van der Waals surface area contributed by atoms with Crippen molar-refractivity contribution in [3.63, 3.8) is 0 Å². The molecule has 0 spiro atoms. The fourth-order valence-electron chi connectivity index (χ4n) is 0.908. The van der Waals surface area contributed by atoms with E-state index in [0.717, 1.165) is 17.9 Å². The predicted octanol–water partition coefficient (Wildman–Crippen LogP) is 2.94. The van der Waals surface area contributed by atoms with E-state index in [1.165, 1.54) is 6.07 Å². The SMILES string of the molecule is CCCNc1cc(S)ccc1F. The summed E-state index contributed by atoms with van der Waals surface area (Å²) in [6.45, 7) is 2.82. The molecular weight excluding hydrogens is 173 g/mol. The van der Waals surface area contributed by atoms with Crippen molar-refractivity contribution < 1.29 is 4.39 Å². The summed E-state index contributed by atoms with van der Waals surface area (Å²) in [6.07, 6.45) is 0.982. The average Bonchev–Trinajstić information content (AvgIpc) is 2.07. The van der Waals surface area contributed by atoms with Crippen molar-refractivity contribution in [1.82, 2.24) is 0 Å². The summed E-state index contributed by atoms with van der Waals surface area (Å²) in [4.78, 5) is 0.773. The molecule has 0 bridgehead atoms. The third-order valence-corrected chi connectivity index (χ3v) is 1.79. The summed E-state index contributed by atoms with van der Waals surface area (Å²) in [5.41, 5.74) is 0.532. The summed E-state index contributed by atoms with van der Waals surface area (Å²) in [6, 6.07) is 4.74. The van der Waals surface area contributed by atoms with Crippen LogP contribution in [0, 0.1) is 5.82 Å². The van der Waals surface area contributed by atoms with Crippen molar-refractivity contribution >= 4 is 18.3 Å². The Morgan fingerprint density at radius 1 is 1.50 bits per heavy atom. The molecule has 12 heavy (non-hydrogen) atoms. The minimum absolute atomic E-state index is 0.221. The van der Waals surface area contributed by atoms with Gasteiger partial charge in [-0.2, -0.15) is 0 Å². The third-order valence-electron chi connectivity index (χ3n) is 1.52. The van der Waals surface area contributed by atoms with Gasteiger partial charge in [-0.15, -0.1) is 12.6 Å². The minimum atomic E-state index is -0.221. The van der Waals surface area contributed by atoms with E-state index >= 15 is 0 Å². The molecule has 0 saturated carbocycles. The molecule has 3 heteroatoms. The van der Waals surface area contributed by atoms with Crippen molar-refractivity contribution in [2.45, 2.75) is 18.2 Å². The molecule has 1 aromatic carbocycles. The highest BCUT2D eigenvalue weighted by Crippen LogP contribution is 2.17. The van der Waals surface area contributed by atoms with Crippen LogP contribution in [0.4, 0.5) is 10.1 Å². The first-order valence-electron chi connectivity index (χ1n) is 3.96. The van der Waals surface area contributed by atoms with Crippen LogP contribution in [-0.2, 0) is 0 Å². The number of halogens is 1. The van der Waals surface area contributed by atoms with E-state index in [2.05, 4.69) is 17.9 Å². The second-order valence-electron chi connectivity index (χ2n) is 2.59. The lowest BCUT2D eigenvalue weighted by molar-refractivity contribution is 0.629. The number of nitrogens with one attached hydrogen (secondary N) is 1. The Labute approximate surface area is 77.4 Å². The van der Waals surface area contributed by atoms with Gasteiger partial charge in [-0.05, 0) is 24.6 Å². The Morgan fingerprint density at radius 3 is 2.92 bits per heavy atom. The Kier molecular flexibility index (Phi) is 3.41. The molecule has 0 radical (unpaired) electrons. The van der Waals surface area contributed by atoms with E-state index in [0.29, 0.717) is 5.69 Å². The zero-order valence-electron chi connectivity index (χ0n) is 6.97. The maximum absolute atomic E-state index is 13.0. The van der Waals surface area contributed by atoms with Gasteiger partial charge >= 0.3 is 0 Å². The maximum Gasteiger partial charge on any atom is 0.146 e. The van der Waals surface area contributed by atoms with Crippen molar-refractivity contribution in [3.8, 4) is 0 Å². The van der Waals surface area contributed by atoms with E-state index in [1.807, 2.05) is 6.92 Å². The molecule has 0 fully saturated rings. The van der Waals surface area contributed by atoms with Gasteiger partial charge in [0, 0.05) is 11.4 Å². The molecule has 0 saturated heterocycles.